The molecule has 0 fully saturated rings. The minimum atomic E-state index is -1.23. The Labute approximate surface area is 149 Å². The van der Waals surface area contributed by atoms with Crippen LogP contribution in [0.25, 0.3) is 0 Å². The molecule has 0 bridgehead atoms. The highest BCUT2D eigenvalue weighted by Gasteiger charge is 2.09. The van der Waals surface area contributed by atoms with Crippen molar-refractivity contribution in [1.82, 2.24) is 0 Å². The van der Waals surface area contributed by atoms with Gasteiger partial charge in [-0.25, -0.2) is 4.79 Å². The van der Waals surface area contributed by atoms with E-state index in [1.54, 1.807) is 24.3 Å². The Balaban J connectivity index is 1.71. The molecule has 0 saturated carbocycles. The minimum Gasteiger partial charge on any atom is -0.507 e. The van der Waals surface area contributed by atoms with Gasteiger partial charge in [-0.3, -0.25) is 0 Å². The van der Waals surface area contributed by atoms with Gasteiger partial charge < -0.3 is 10.2 Å². The van der Waals surface area contributed by atoms with E-state index < -0.39 is 5.97 Å². The van der Waals surface area contributed by atoms with Crippen molar-refractivity contribution in [2.75, 3.05) is 0 Å². The van der Waals surface area contributed by atoms with Gasteiger partial charge in [0.15, 0.2) is 0 Å². The Kier molecular flexibility index (Phi) is 5.09. The zero-order valence-electron chi connectivity index (χ0n) is 13.5. The summed E-state index contributed by atoms with van der Waals surface area (Å²) in [6.07, 6.45) is 0. The minimum absolute atomic E-state index is 0.224. The van der Waals surface area contributed by atoms with Crippen molar-refractivity contribution >= 4 is 28.7 Å². The number of hydrogen-bond acceptors (Lipinski definition) is 6. The second-order valence-electron chi connectivity index (χ2n) is 5.26. The molecule has 3 rings (SSSR count). The number of carboxylic acids is 1. The predicted octanol–water partition coefficient (Wildman–Crippen LogP) is 5.92. The van der Waals surface area contributed by atoms with Crippen molar-refractivity contribution in [2.24, 2.45) is 20.5 Å². The molecule has 0 unspecified atom stereocenters. The van der Waals surface area contributed by atoms with Crippen LogP contribution in [-0.4, -0.2) is 16.2 Å². The molecule has 0 spiro atoms. The van der Waals surface area contributed by atoms with E-state index in [4.69, 9.17) is 5.11 Å². The summed E-state index contributed by atoms with van der Waals surface area (Å²) < 4.78 is 0. The Morgan fingerprint density at radius 3 is 1.65 bits per heavy atom. The van der Waals surface area contributed by atoms with Crippen molar-refractivity contribution in [3.05, 3.63) is 78.4 Å². The van der Waals surface area contributed by atoms with Gasteiger partial charge in [0.05, 0.1) is 22.7 Å². The van der Waals surface area contributed by atoms with Crippen molar-refractivity contribution in [1.29, 1.82) is 0 Å². The fourth-order valence-corrected chi connectivity index (χ4v) is 2.07. The van der Waals surface area contributed by atoms with Crippen LogP contribution in [0.1, 0.15) is 10.4 Å². The molecule has 3 aromatic rings. The normalized spacial score (nSPS) is 11.2. The van der Waals surface area contributed by atoms with Crippen LogP contribution >= 0.6 is 0 Å². The van der Waals surface area contributed by atoms with Gasteiger partial charge >= 0.3 is 5.97 Å². The smallest absolute Gasteiger partial charge is 0.339 e. The van der Waals surface area contributed by atoms with Crippen LogP contribution < -0.4 is 0 Å². The SMILES string of the molecule is O=C(O)c1cc(N=Nc2ccc(N=Nc3ccccc3)cc2)ccc1O. The zero-order valence-corrected chi connectivity index (χ0v) is 13.5. The standard InChI is InChI=1S/C19H14N4O3/c24-18-11-10-16(12-17(18)19(25)26)23-22-15-8-6-14(7-9-15)21-20-13-4-2-1-3-5-13/h1-12,24H,(H,25,26). The number of phenols is 1. The first kappa shape index (κ1) is 17.0. The Morgan fingerprint density at radius 1 is 0.654 bits per heavy atom. The van der Waals surface area contributed by atoms with Crippen LogP contribution in [0, 0.1) is 0 Å². The second-order valence-corrected chi connectivity index (χ2v) is 5.26. The summed E-state index contributed by atoms with van der Waals surface area (Å²) in [7, 11) is 0. The van der Waals surface area contributed by atoms with Crippen LogP contribution in [0.15, 0.2) is 93.3 Å². The summed E-state index contributed by atoms with van der Waals surface area (Å²) in [6.45, 7) is 0. The van der Waals surface area contributed by atoms with Crippen LogP contribution in [0.2, 0.25) is 0 Å². The Bertz CT molecular complexity index is 968. The van der Waals surface area contributed by atoms with E-state index >= 15 is 0 Å². The third kappa shape index (κ3) is 4.35. The number of hydrogen-bond donors (Lipinski definition) is 2. The van der Waals surface area contributed by atoms with Gasteiger partial charge in [0.1, 0.15) is 11.3 Å². The summed E-state index contributed by atoms with van der Waals surface area (Å²) in [5.41, 5.74) is 2.11. The van der Waals surface area contributed by atoms with Crippen LogP contribution in [0.3, 0.4) is 0 Å². The van der Waals surface area contributed by atoms with Gasteiger partial charge in [-0.15, -0.1) is 0 Å². The average molecular weight is 346 g/mol. The third-order valence-electron chi connectivity index (χ3n) is 3.38. The lowest BCUT2D eigenvalue weighted by Crippen LogP contribution is -1.95. The molecule has 0 aromatic heterocycles. The van der Waals surface area contributed by atoms with Gasteiger partial charge in [0.2, 0.25) is 0 Å². The highest BCUT2D eigenvalue weighted by Crippen LogP contribution is 2.26. The van der Waals surface area contributed by atoms with E-state index in [-0.39, 0.29) is 11.3 Å². The van der Waals surface area contributed by atoms with E-state index in [1.807, 2.05) is 30.3 Å². The van der Waals surface area contributed by atoms with E-state index in [2.05, 4.69) is 20.5 Å². The maximum Gasteiger partial charge on any atom is 0.339 e. The molecule has 0 amide bonds. The number of aromatic carboxylic acids is 1. The quantitative estimate of drug-likeness (QED) is 0.560. The van der Waals surface area contributed by atoms with Crippen molar-refractivity contribution < 1.29 is 15.0 Å². The molecule has 0 saturated heterocycles. The van der Waals surface area contributed by atoms with Crippen LogP contribution in [0.4, 0.5) is 22.7 Å². The van der Waals surface area contributed by atoms with Gasteiger partial charge in [-0.2, -0.15) is 20.5 Å². The number of benzene rings is 3. The van der Waals surface area contributed by atoms with Gasteiger partial charge in [-0.1, -0.05) is 18.2 Å². The molecular weight excluding hydrogens is 332 g/mol. The van der Waals surface area contributed by atoms with Crippen LogP contribution in [0.5, 0.6) is 5.75 Å². The topological polar surface area (TPSA) is 107 Å². The Morgan fingerprint density at radius 2 is 1.12 bits per heavy atom. The van der Waals surface area contributed by atoms with E-state index in [9.17, 15) is 9.90 Å². The summed E-state index contributed by atoms with van der Waals surface area (Å²) in [5, 5.41) is 34.8. The first-order chi connectivity index (χ1) is 12.6. The lowest BCUT2D eigenvalue weighted by molar-refractivity contribution is 0.0694. The molecule has 0 aliphatic carbocycles. The molecule has 7 heteroatoms. The van der Waals surface area contributed by atoms with Crippen LogP contribution in [-0.2, 0) is 0 Å². The molecule has 128 valence electrons. The summed E-state index contributed by atoms with van der Waals surface area (Å²) in [4.78, 5) is 11.0. The van der Waals surface area contributed by atoms with Crippen molar-refractivity contribution in [2.45, 2.75) is 0 Å². The molecular formula is C19H14N4O3. The maximum atomic E-state index is 11.0. The lowest BCUT2D eigenvalue weighted by Gasteiger charge is -2.00. The highest BCUT2D eigenvalue weighted by molar-refractivity contribution is 5.91. The fourth-order valence-electron chi connectivity index (χ4n) is 2.07. The molecule has 2 N–H and O–H groups in total. The van der Waals surface area contributed by atoms with Gasteiger partial charge in [0, 0.05) is 0 Å². The number of aromatic hydroxyl groups is 1. The summed E-state index contributed by atoms with van der Waals surface area (Å²) >= 11 is 0. The Hall–Kier alpha value is -3.87. The largest absolute Gasteiger partial charge is 0.507 e. The molecule has 7 nitrogen and oxygen atoms in total. The molecule has 0 atom stereocenters. The first-order valence-electron chi connectivity index (χ1n) is 7.67. The van der Waals surface area contributed by atoms with E-state index in [0.29, 0.717) is 17.1 Å². The molecule has 0 aliphatic rings. The van der Waals surface area contributed by atoms with E-state index in [0.717, 1.165) is 5.69 Å². The number of azo groups is 2. The third-order valence-corrected chi connectivity index (χ3v) is 3.38. The highest BCUT2D eigenvalue weighted by atomic mass is 16.4. The number of carboxylic acid groups (broad SMARTS) is 1. The first-order valence-corrected chi connectivity index (χ1v) is 7.67. The molecule has 0 aliphatic heterocycles. The summed E-state index contributed by atoms with van der Waals surface area (Å²) in [6, 6.07) is 20.3. The van der Waals surface area contributed by atoms with Crippen molar-refractivity contribution in [3.8, 4) is 5.75 Å². The zero-order chi connectivity index (χ0) is 18.4. The molecule has 26 heavy (non-hydrogen) atoms. The average Bonchev–Trinajstić information content (AvgIpc) is 2.67. The molecule has 0 heterocycles. The van der Waals surface area contributed by atoms with Gasteiger partial charge in [-0.05, 0) is 54.6 Å². The lowest BCUT2D eigenvalue weighted by atomic mass is 10.2. The fraction of sp³-hybridized carbons (Fsp3) is 0. The second kappa shape index (κ2) is 7.80. The van der Waals surface area contributed by atoms with Crippen molar-refractivity contribution in [3.63, 3.8) is 0 Å². The van der Waals surface area contributed by atoms with E-state index in [1.165, 1.54) is 18.2 Å². The monoisotopic (exact) mass is 346 g/mol. The number of carbonyl (C=O) groups is 1. The summed E-state index contributed by atoms with van der Waals surface area (Å²) in [5.74, 6) is -1.54. The number of nitrogens with zero attached hydrogens (tertiary/aromatic N) is 4. The molecule has 3 aromatic carbocycles. The maximum absolute atomic E-state index is 11.0. The predicted molar refractivity (Wildman–Crippen MR) is 96.3 cm³/mol. The number of rotatable bonds is 5. The molecule has 0 radical (unpaired) electrons. The van der Waals surface area contributed by atoms with Gasteiger partial charge in [0.25, 0.3) is 0 Å².